The standard InChI is InChI=1S/C20H11BrI2N2O2/c21-15-4-2-1-3-13(15)20-25-17-10-12(6-8-18(17)27-20)24-19(26)14-9-11(22)5-7-16(14)23/h1-10H,(H,24,26). The van der Waals surface area contributed by atoms with E-state index in [-0.39, 0.29) is 5.91 Å². The van der Waals surface area contributed by atoms with Gasteiger partial charge in [0.2, 0.25) is 5.89 Å². The van der Waals surface area contributed by atoms with Gasteiger partial charge < -0.3 is 9.73 Å². The number of anilines is 1. The Bertz CT molecular complexity index is 1170. The van der Waals surface area contributed by atoms with E-state index >= 15 is 0 Å². The van der Waals surface area contributed by atoms with E-state index < -0.39 is 0 Å². The highest BCUT2D eigenvalue weighted by Gasteiger charge is 2.14. The summed E-state index contributed by atoms with van der Waals surface area (Å²) in [5.41, 5.74) is 3.57. The Morgan fingerprint density at radius 1 is 1.04 bits per heavy atom. The summed E-state index contributed by atoms with van der Waals surface area (Å²) in [6, 6.07) is 19.0. The molecule has 134 valence electrons. The van der Waals surface area contributed by atoms with Gasteiger partial charge in [-0.15, -0.1) is 0 Å². The van der Waals surface area contributed by atoms with Crippen molar-refractivity contribution in [3.05, 3.63) is 77.8 Å². The largest absolute Gasteiger partial charge is 0.436 e. The molecule has 0 fully saturated rings. The molecule has 4 rings (SSSR count). The summed E-state index contributed by atoms with van der Waals surface area (Å²) in [5, 5.41) is 2.94. The Hall–Kier alpha value is -1.46. The van der Waals surface area contributed by atoms with Gasteiger partial charge in [-0.25, -0.2) is 4.98 Å². The first-order valence-corrected chi connectivity index (χ1v) is 10.9. The number of aromatic nitrogens is 1. The zero-order valence-corrected chi connectivity index (χ0v) is 19.6. The minimum Gasteiger partial charge on any atom is -0.436 e. The topological polar surface area (TPSA) is 55.1 Å². The van der Waals surface area contributed by atoms with Crippen LogP contribution in [0.15, 0.2) is 69.6 Å². The minimum absolute atomic E-state index is 0.146. The van der Waals surface area contributed by atoms with Crippen molar-refractivity contribution >= 4 is 83.8 Å². The molecule has 0 aliphatic heterocycles. The van der Waals surface area contributed by atoms with Crippen LogP contribution in [-0.4, -0.2) is 10.9 Å². The van der Waals surface area contributed by atoms with Crippen molar-refractivity contribution in [2.75, 3.05) is 5.32 Å². The van der Waals surface area contributed by atoms with Gasteiger partial charge in [0.1, 0.15) is 5.52 Å². The summed E-state index contributed by atoms with van der Waals surface area (Å²) in [5.74, 6) is 0.389. The number of amides is 1. The Kier molecular flexibility index (Phi) is 5.51. The number of nitrogens with zero attached hydrogens (tertiary/aromatic N) is 1. The summed E-state index contributed by atoms with van der Waals surface area (Å²) >= 11 is 7.88. The van der Waals surface area contributed by atoms with Crippen LogP contribution in [0.5, 0.6) is 0 Å². The van der Waals surface area contributed by atoms with Gasteiger partial charge in [0.05, 0.1) is 11.1 Å². The Balaban J connectivity index is 1.65. The van der Waals surface area contributed by atoms with Gasteiger partial charge in [-0.2, -0.15) is 0 Å². The molecule has 0 saturated carbocycles. The van der Waals surface area contributed by atoms with Crippen LogP contribution < -0.4 is 5.32 Å². The number of carbonyl (C=O) groups is 1. The Morgan fingerprint density at radius 3 is 2.67 bits per heavy atom. The number of benzene rings is 3. The minimum atomic E-state index is -0.146. The molecule has 7 heteroatoms. The van der Waals surface area contributed by atoms with Crippen LogP contribution in [0.2, 0.25) is 0 Å². The smallest absolute Gasteiger partial charge is 0.256 e. The fourth-order valence-corrected chi connectivity index (χ4v) is 4.15. The Labute approximate surface area is 191 Å². The molecular weight excluding hydrogens is 634 g/mol. The van der Waals surface area contributed by atoms with Gasteiger partial charge in [0.25, 0.3) is 5.91 Å². The van der Waals surface area contributed by atoms with E-state index in [4.69, 9.17) is 4.42 Å². The lowest BCUT2D eigenvalue weighted by atomic mass is 10.2. The van der Waals surface area contributed by atoms with E-state index in [0.717, 1.165) is 17.2 Å². The van der Waals surface area contributed by atoms with Gasteiger partial charge in [-0.3, -0.25) is 4.79 Å². The molecule has 1 aromatic heterocycles. The van der Waals surface area contributed by atoms with Crippen molar-refractivity contribution < 1.29 is 9.21 Å². The van der Waals surface area contributed by atoms with Crippen molar-refractivity contribution in [2.45, 2.75) is 0 Å². The summed E-state index contributed by atoms with van der Waals surface area (Å²) in [6.45, 7) is 0. The third kappa shape index (κ3) is 4.04. The third-order valence-corrected chi connectivity index (χ3v) is 6.23. The molecule has 0 aliphatic rings. The SMILES string of the molecule is O=C(Nc1ccc2oc(-c3ccccc3Br)nc2c1)c1cc(I)ccc1I. The predicted octanol–water partition coefficient (Wildman–Crippen LogP) is 6.72. The highest BCUT2D eigenvalue weighted by atomic mass is 127. The third-order valence-electron chi connectivity index (χ3n) is 3.92. The molecule has 1 N–H and O–H groups in total. The van der Waals surface area contributed by atoms with E-state index in [2.05, 4.69) is 71.4 Å². The monoisotopic (exact) mass is 644 g/mol. The average Bonchev–Trinajstić information content (AvgIpc) is 3.07. The second kappa shape index (κ2) is 7.88. The highest BCUT2D eigenvalue weighted by Crippen LogP contribution is 2.31. The maximum Gasteiger partial charge on any atom is 0.256 e. The second-order valence-electron chi connectivity index (χ2n) is 5.76. The number of nitrogens with one attached hydrogen (secondary N) is 1. The first-order chi connectivity index (χ1) is 13.0. The highest BCUT2D eigenvalue weighted by molar-refractivity contribution is 14.1. The first kappa shape index (κ1) is 18.9. The van der Waals surface area contributed by atoms with Crippen molar-refractivity contribution in [2.24, 2.45) is 0 Å². The van der Waals surface area contributed by atoms with Crippen LogP contribution in [0.4, 0.5) is 5.69 Å². The molecular formula is C20H11BrI2N2O2. The van der Waals surface area contributed by atoms with Crippen molar-refractivity contribution in [1.82, 2.24) is 4.98 Å². The maximum absolute atomic E-state index is 12.6. The van der Waals surface area contributed by atoms with Gasteiger partial charge in [0, 0.05) is 17.3 Å². The van der Waals surface area contributed by atoms with Crippen molar-refractivity contribution in [3.63, 3.8) is 0 Å². The molecule has 4 aromatic rings. The number of carbonyl (C=O) groups excluding carboxylic acids is 1. The zero-order valence-electron chi connectivity index (χ0n) is 13.7. The second-order valence-corrected chi connectivity index (χ2v) is 9.02. The van der Waals surface area contributed by atoms with Gasteiger partial charge >= 0.3 is 0 Å². The van der Waals surface area contributed by atoms with Crippen LogP contribution in [-0.2, 0) is 0 Å². The molecule has 0 radical (unpaired) electrons. The van der Waals surface area contributed by atoms with Crippen LogP contribution in [0.3, 0.4) is 0 Å². The maximum atomic E-state index is 12.6. The molecule has 0 unspecified atom stereocenters. The van der Waals surface area contributed by atoms with E-state index in [1.807, 2.05) is 60.7 Å². The Morgan fingerprint density at radius 2 is 1.85 bits per heavy atom. The molecule has 3 aromatic carbocycles. The lowest BCUT2D eigenvalue weighted by molar-refractivity contribution is 0.102. The van der Waals surface area contributed by atoms with Gasteiger partial charge in [-0.1, -0.05) is 12.1 Å². The molecule has 1 heterocycles. The lowest BCUT2D eigenvalue weighted by Gasteiger charge is -2.07. The quantitative estimate of drug-likeness (QED) is 0.252. The average molecular weight is 645 g/mol. The zero-order chi connectivity index (χ0) is 19.0. The molecule has 0 bridgehead atoms. The van der Waals surface area contributed by atoms with E-state index in [1.165, 1.54) is 0 Å². The van der Waals surface area contributed by atoms with E-state index in [0.29, 0.717) is 28.2 Å². The molecule has 0 saturated heterocycles. The van der Waals surface area contributed by atoms with Gasteiger partial charge in [-0.05, 0) is 110 Å². The molecule has 0 spiro atoms. The van der Waals surface area contributed by atoms with E-state index in [1.54, 1.807) is 0 Å². The molecule has 0 aliphatic carbocycles. The summed E-state index contributed by atoms with van der Waals surface area (Å²) in [7, 11) is 0. The number of halogens is 3. The number of fused-ring (bicyclic) bond motifs is 1. The molecule has 0 atom stereocenters. The first-order valence-electron chi connectivity index (χ1n) is 7.93. The molecule has 1 amide bonds. The lowest BCUT2D eigenvalue weighted by Crippen LogP contribution is -2.13. The number of oxazole rings is 1. The summed E-state index contributed by atoms with van der Waals surface area (Å²) in [6.07, 6.45) is 0. The predicted molar refractivity (Wildman–Crippen MR) is 127 cm³/mol. The summed E-state index contributed by atoms with van der Waals surface area (Å²) < 4.78 is 8.70. The van der Waals surface area contributed by atoms with Crippen LogP contribution >= 0.6 is 61.1 Å². The fraction of sp³-hybridized carbons (Fsp3) is 0. The number of hydrogen-bond donors (Lipinski definition) is 1. The fourth-order valence-electron chi connectivity index (χ4n) is 2.62. The van der Waals surface area contributed by atoms with Crippen LogP contribution in [0, 0.1) is 7.14 Å². The van der Waals surface area contributed by atoms with Crippen molar-refractivity contribution in [1.29, 1.82) is 0 Å². The summed E-state index contributed by atoms with van der Waals surface area (Å²) in [4.78, 5) is 17.2. The van der Waals surface area contributed by atoms with Crippen LogP contribution in [0.25, 0.3) is 22.6 Å². The van der Waals surface area contributed by atoms with Gasteiger partial charge in [0.15, 0.2) is 5.58 Å². The van der Waals surface area contributed by atoms with Crippen molar-refractivity contribution in [3.8, 4) is 11.5 Å². The van der Waals surface area contributed by atoms with Crippen LogP contribution in [0.1, 0.15) is 10.4 Å². The number of hydrogen-bond acceptors (Lipinski definition) is 3. The molecule has 27 heavy (non-hydrogen) atoms. The number of rotatable bonds is 3. The van der Waals surface area contributed by atoms with E-state index in [9.17, 15) is 4.79 Å². The normalized spacial score (nSPS) is 10.9. The molecule has 4 nitrogen and oxygen atoms in total.